The first kappa shape index (κ1) is 16.2. The minimum Gasteiger partial charge on any atom is -0.268 e. The maximum Gasteiger partial charge on any atom is 0.271 e. The van der Waals surface area contributed by atoms with Crippen LogP contribution in [0.25, 0.3) is 5.65 Å². The molecule has 1 N–H and O–H groups in total. The van der Waals surface area contributed by atoms with E-state index in [1.54, 1.807) is 48.7 Å². The highest BCUT2D eigenvalue weighted by Crippen LogP contribution is 2.10. The number of hydrogen-bond acceptors (Lipinski definition) is 4. The molecule has 0 saturated heterocycles. The van der Waals surface area contributed by atoms with E-state index in [0.29, 0.717) is 16.2 Å². The van der Waals surface area contributed by atoms with Crippen molar-refractivity contribution in [1.29, 1.82) is 0 Å². The molecule has 6 nitrogen and oxygen atoms in total. The van der Waals surface area contributed by atoms with Crippen molar-refractivity contribution < 1.29 is 4.79 Å². The van der Waals surface area contributed by atoms with Gasteiger partial charge in [-0.25, -0.2) is 10.4 Å². The minimum atomic E-state index is -0.437. The molecule has 0 aliphatic rings. The maximum absolute atomic E-state index is 12.4. The van der Waals surface area contributed by atoms with Crippen LogP contribution in [0.1, 0.15) is 15.9 Å². The van der Waals surface area contributed by atoms with E-state index in [2.05, 4.69) is 15.5 Å². The summed E-state index contributed by atoms with van der Waals surface area (Å²) in [7, 11) is 0. The Kier molecular flexibility index (Phi) is 4.59. The van der Waals surface area contributed by atoms with E-state index in [0.717, 1.165) is 0 Å². The maximum atomic E-state index is 12.4. The van der Waals surface area contributed by atoms with Gasteiger partial charge in [-0.15, -0.1) is 0 Å². The number of hydrazone groups is 1. The zero-order chi connectivity index (χ0) is 17.1. The van der Waals surface area contributed by atoms with E-state index >= 15 is 0 Å². The Morgan fingerprint density at radius 2 is 1.92 bits per heavy atom. The average Bonchev–Trinajstić information content (AvgIpc) is 2.58. The van der Waals surface area contributed by atoms with Crippen LogP contribution in [0.2, 0.25) is 10.2 Å². The van der Waals surface area contributed by atoms with Gasteiger partial charge in [0.15, 0.2) is 0 Å². The lowest BCUT2D eigenvalue weighted by molar-refractivity contribution is 0.0955. The minimum absolute atomic E-state index is 0.00990. The normalized spacial score (nSPS) is 11.1. The van der Waals surface area contributed by atoms with E-state index in [1.807, 2.05) is 0 Å². The first-order valence-electron chi connectivity index (χ1n) is 6.82. The molecular formula is C16H10Cl2N4O2. The number of hydrogen-bond donors (Lipinski definition) is 1. The monoisotopic (exact) mass is 360 g/mol. The first-order valence-corrected chi connectivity index (χ1v) is 7.58. The molecule has 1 amide bonds. The zero-order valence-corrected chi connectivity index (χ0v) is 13.6. The summed E-state index contributed by atoms with van der Waals surface area (Å²) in [5, 5.41) is 4.31. The Morgan fingerprint density at radius 3 is 2.67 bits per heavy atom. The van der Waals surface area contributed by atoms with Gasteiger partial charge in [0.1, 0.15) is 10.8 Å². The van der Waals surface area contributed by atoms with Gasteiger partial charge in [-0.2, -0.15) is 5.10 Å². The summed E-state index contributed by atoms with van der Waals surface area (Å²) in [6, 6.07) is 11.4. The molecule has 0 bridgehead atoms. The molecule has 8 heteroatoms. The number of halogens is 2. The van der Waals surface area contributed by atoms with Gasteiger partial charge in [-0.1, -0.05) is 29.3 Å². The molecular weight excluding hydrogens is 351 g/mol. The van der Waals surface area contributed by atoms with Crippen molar-refractivity contribution in [2.45, 2.75) is 0 Å². The predicted molar refractivity (Wildman–Crippen MR) is 93.0 cm³/mol. The molecule has 0 atom stereocenters. The van der Waals surface area contributed by atoms with E-state index in [9.17, 15) is 9.59 Å². The van der Waals surface area contributed by atoms with Gasteiger partial charge in [0.2, 0.25) is 0 Å². The van der Waals surface area contributed by atoms with Crippen LogP contribution in [-0.4, -0.2) is 21.5 Å². The van der Waals surface area contributed by atoms with Crippen LogP contribution in [-0.2, 0) is 0 Å². The SMILES string of the molecule is O=C(NN=Cc1c(Cl)nc2ccccn2c1=O)c1ccc(Cl)cc1. The fraction of sp³-hybridized carbons (Fsp3) is 0. The van der Waals surface area contributed by atoms with Crippen LogP contribution < -0.4 is 11.0 Å². The number of fused-ring (bicyclic) bond motifs is 1. The van der Waals surface area contributed by atoms with Crippen molar-refractivity contribution in [3.8, 4) is 0 Å². The molecule has 3 aromatic rings. The highest BCUT2D eigenvalue weighted by Gasteiger charge is 2.09. The van der Waals surface area contributed by atoms with Crippen LogP contribution >= 0.6 is 23.2 Å². The molecule has 1 aromatic carbocycles. The summed E-state index contributed by atoms with van der Waals surface area (Å²) in [4.78, 5) is 28.4. The number of nitrogens with one attached hydrogen (secondary N) is 1. The Balaban J connectivity index is 1.84. The van der Waals surface area contributed by atoms with Crippen molar-refractivity contribution in [1.82, 2.24) is 14.8 Å². The largest absolute Gasteiger partial charge is 0.271 e. The molecule has 2 heterocycles. The Bertz CT molecular complexity index is 997. The number of pyridine rings is 1. The van der Waals surface area contributed by atoms with E-state index in [1.165, 1.54) is 10.6 Å². The Labute approximate surface area is 146 Å². The lowest BCUT2D eigenvalue weighted by Gasteiger charge is -2.03. The molecule has 2 aromatic heterocycles. The summed E-state index contributed by atoms with van der Waals surface area (Å²) < 4.78 is 1.34. The lowest BCUT2D eigenvalue weighted by atomic mass is 10.2. The number of rotatable bonds is 3. The Hall–Kier alpha value is -2.70. The summed E-state index contributed by atoms with van der Waals surface area (Å²) in [5.74, 6) is -0.437. The van der Waals surface area contributed by atoms with E-state index in [4.69, 9.17) is 23.2 Å². The third kappa shape index (κ3) is 3.29. The Morgan fingerprint density at radius 1 is 1.17 bits per heavy atom. The predicted octanol–water partition coefficient (Wildman–Crippen LogP) is 2.77. The van der Waals surface area contributed by atoms with E-state index in [-0.39, 0.29) is 16.3 Å². The van der Waals surface area contributed by atoms with Gasteiger partial charge in [0, 0.05) is 16.8 Å². The summed E-state index contributed by atoms with van der Waals surface area (Å²) in [6.07, 6.45) is 2.75. The summed E-state index contributed by atoms with van der Waals surface area (Å²) in [6.45, 7) is 0. The standard InChI is InChI=1S/C16H10Cl2N4O2/c17-11-6-4-10(5-7-11)15(23)21-19-9-12-14(18)20-13-3-1-2-8-22(13)16(12)24/h1-9H,(H,21,23). The second-order valence-corrected chi connectivity index (χ2v) is 5.55. The average molecular weight is 361 g/mol. The lowest BCUT2D eigenvalue weighted by Crippen LogP contribution is -2.22. The molecule has 120 valence electrons. The van der Waals surface area contributed by atoms with Gasteiger partial charge in [-0.3, -0.25) is 14.0 Å². The van der Waals surface area contributed by atoms with Crippen molar-refractivity contribution in [3.63, 3.8) is 0 Å². The fourth-order valence-electron chi connectivity index (χ4n) is 2.01. The van der Waals surface area contributed by atoms with Gasteiger partial charge in [0.25, 0.3) is 11.5 Å². The highest BCUT2D eigenvalue weighted by molar-refractivity contribution is 6.32. The first-order chi connectivity index (χ1) is 11.6. The van der Waals surface area contributed by atoms with Crippen molar-refractivity contribution in [2.24, 2.45) is 5.10 Å². The summed E-state index contributed by atoms with van der Waals surface area (Å²) >= 11 is 11.8. The van der Waals surface area contributed by atoms with Crippen LogP contribution in [0.5, 0.6) is 0 Å². The number of nitrogens with zero attached hydrogens (tertiary/aromatic N) is 3. The number of amides is 1. The molecule has 0 aliphatic heterocycles. The molecule has 0 fully saturated rings. The zero-order valence-electron chi connectivity index (χ0n) is 12.1. The third-order valence-electron chi connectivity index (χ3n) is 3.19. The van der Waals surface area contributed by atoms with Crippen LogP contribution in [0.15, 0.2) is 58.6 Å². The van der Waals surface area contributed by atoms with Crippen molar-refractivity contribution in [3.05, 3.63) is 80.3 Å². The fourth-order valence-corrected chi connectivity index (χ4v) is 2.35. The van der Waals surface area contributed by atoms with Crippen molar-refractivity contribution in [2.75, 3.05) is 0 Å². The van der Waals surface area contributed by atoms with Gasteiger partial charge in [0.05, 0.1) is 11.8 Å². The molecule has 0 aliphatic carbocycles. The molecule has 0 unspecified atom stereocenters. The van der Waals surface area contributed by atoms with Gasteiger partial charge >= 0.3 is 0 Å². The third-order valence-corrected chi connectivity index (χ3v) is 3.73. The highest BCUT2D eigenvalue weighted by atomic mass is 35.5. The quantitative estimate of drug-likeness (QED) is 0.443. The van der Waals surface area contributed by atoms with Crippen molar-refractivity contribution >= 4 is 41.0 Å². The van der Waals surface area contributed by atoms with Gasteiger partial charge in [-0.05, 0) is 36.4 Å². The molecule has 0 saturated carbocycles. The number of benzene rings is 1. The van der Waals surface area contributed by atoms with Crippen LogP contribution in [0, 0.1) is 0 Å². The second kappa shape index (κ2) is 6.82. The smallest absolute Gasteiger partial charge is 0.268 e. The van der Waals surface area contributed by atoms with Crippen LogP contribution in [0.3, 0.4) is 0 Å². The second-order valence-electron chi connectivity index (χ2n) is 4.76. The molecule has 3 rings (SSSR count). The molecule has 24 heavy (non-hydrogen) atoms. The van der Waals surface area contributed by atoms with E-state index < -0.39 is 5.91 Å². The molecule has 0 spiro atoms. The summed E-state index contributed by atoms with van der Waals surface area (Å²) in [5.41, 5.74) is 2.83. The molecule has 0 radical (unpaired) electrons. The number of carbonyl (C=O) groups is 1. The van der Waals surface area contributed by atoms with Crippen LogP contribution in [0.4, 0.5) is 0 Å². The topological polar surface area (TPSA) is 75.8 Å². The number of aromatic nitrogens is 2. The van der Waals surface area contributed by atoms with Gasteiger partial charge < -0.3 is 0 Å². The number of carbonyl (C=O) groups excluding carboxylic acids is 1.